The highest BCUT2D eigenvalue weighted by Gasteiger charge is 2.42. The van der Waals surface area contributed by atoms with Gasteiger partial charge in [0.05, 0.1) is 10.7 Å². The zero-order valence-corrected chi connectivity index (χ0v) is 12.9. The summed E-state index contributed by atoms with van der Waals surface area (Å²) in [6, 6.07) is 7.50. The molecule has 3 N–H and O–H groups in total. The van der Waals surface area contributed by atoms with E-state index >= 15 is 0 Å². The topological polar surface area (TPSA) is 55.1 Å². The van der Waals surface area contributed by atoms with Gasteiger partial charge in [-0.2, -0.15) is 0 Å². The SMILES string of the molecule is CC(C)C1CCCC(Nc2ccccc2Cl)(C(N)=O)C1. The van der Waals surface area contributed by atoms with Gasteiger partial charge in [0.1, 0.15) is 5.54 Å². The molecule has 2 unspecified atom stereocenters. The van der Waals surface area contributed by atoms with Crippen LogP contribution in [0.4, 0.5) is 5.69 Å². The Kier molecular flexibility index (Phi) is 4.59. The van der Waals surface area contributed by atoms with E-state index in [1.54, 1.807) is 0 Å². The summed E-state index contributed by atoms with van der Waals surface area (Å²) in [6.45, 7) is 4.41. The number of halogens is 1. The van der Waals surface area contributed by atoms with Gasteiger partial charge in [-0.1, -0.05) is 44.0 Å². The van der Waals surface area contributed by atoms with Crippen molar-refractivity contribution in [2.24, 2.45) is 17.6 Å². The fourth-order valence-corrected chi connectivity index (χ4v) is 3.29. The van der Waals surface area contributed by atoms with Crippen molar-refractivity contribution in [1.29, 1.82) is 0 Å². The molecule has 1 aliphatic rings. The van der Waals surface area contributed by atoms with Crippen LogP contribution in [0.25, 0.3) is 0 Å². The Labute approximate surface area is 125 Å². The number of carbonyl (C=O) groups excluding carboxylic acids is 1. The molecular weight excluding hydrogens is 272 g/mol. The lowest BCUT2D eigenvalue weighted by molar-refractivity contribution is -0.124. The first-order valence-corrected chi connectivity index (χ1v) is 7.65. The first-order valence-electron chi connectivity index (χ1n) is 7.27. The van der Waals surface area contributed by atoms with E-state index in [-0.39, 0.29) is 5.91 Å². The average molecular weight is 295 g/mol. The number of nitrogens with two attached hydrogens (primary N) is 1. The standard InChI is InChI=1S/C16H23ClN2O/c1-11(2)12-6-5-9-16(10-12,15(18)20)19-14-8-4-3-7-13(14)17/h3-4,7-8,11-12,19H,5-6,9-10H2,1-2H3,(H2,18,20). The normalized spacial score (nSPS) is 26.5. The Hall–Kier alpha value is -1.22. The highest BCUT2D eigenvalue weighted by atomic mass is 35.5. The van der Waals surface area contributed by atoms with E-state index < -0.39 is 5.54 Å². The van der Waals surface area contributed by atoms with Crippen LogP contribution < -0.4 is 11.1 Å². The van der Waals surface area contributed by atoms with Crippen LogP contribution in [-0.2, 0) is 4.79 Å². The summed E-state index contributed by atoms with van der Waals surface area (Å²) < 4.78 is 0. The molecule has 0 spiro atoms. The first kappa shape index (κ1) is 15.2. The lowest BCUT2D eigenvalue weighted by Crippen LogP contribution is -2.54. The predicted molar refractivity (Wildman–Crippen MR) is 83.8 cm³/mol. The summed E-state index contributed by atoms with van der Waals surface area (Å²) in [5, 5.41) is 3.97. The Balaban J connectivity index is 2.26. The molecule has 0 radical (unpaired) electrons. The highest BCUT2D eigenvalue weighted by molar-refractivity contribution is 6.33. The van der Waals surface area contributed by atoms with Crippen molar-refractivity contribution < 1.29 is 4.79 Å². The number of anilines is 1. The number of nitrogens with one attached hydrogen (secondary N) is 1. The quantitative estimate of drug-likeness (QED) is 0.887. The third-order valence-corrected chi connectivity index (χ3v) is 4.78. The van der Waals surface area contributed by atoms with Gasteiger partial charge < -0.3 is 11.1 Å². The molecule has 0 bridgehead atoms. The molecule has 0 aromatic heterocycles. The minimum absolute atomic E-state index is 0.275. The van der Waals surface area contributed by atoms with Crippen LogP contribution >= 0.6 is 11.6 Å². The van der Waals surface area contributed by atoms with E-state index in [4.69, 9.17) is 17.3 Å². The molecule has 3 nitrogen and oxygen atoms in total. The Morgan fingerprint density at radius 3 is 2.75 bits per heavy atom. The molecule has 0 saturated heterocycles. The zero-order valence-electron chi connectivity index (χ0n) is 12.2. The summed E-state index contributed by atoms with van der Waals surface area (Å²) in [5.74, 6) is 0.802. The van der Waals surface area contributed by atoms with Gasteiger partial charge in [0, 0.05) is 0 Å². The highest BCUT2D eigenvalue weighted by Crippen LogP contribution is 2.39. The molecule has 2 atom stereocenters. The van der Waals surface area contributed by atoms with Gasteiger partial charge in [-0.15, -0.1) is 0 Å². The van der Waals surface area contributed by atoms with Gasteiger partial charge in [0.15, 0.2) is 0 Å². The van der Waals surface area contributed by atoms with Crippen molar-refractivity contribution >= 4 is 23.2 Å². The number of para-hydroxylation sites is 1. The molecule has 2 rings (SSSR count). The minimum atomic E-state index is -0.668. The molecule has 1 saturated carbocycles. The molecule has 1 aromatic rings. The summed E-state index contributed by atoms with van der Waals surface area (Å²) in [7, 11) is 0. The minimum Gasteiger partial charge on any atom is -0.370 e. The summed E-state index contributed by atoms with van der Waals surface area (Å²) >= 11 is 6.19. The molecule has 20 heavy (non-hydrogen) atoms. The number of primary amides is 1. The largest absolute Gasteiger partial charge is 0.370 e. The van der Waals surface area contributed by atoms with Crippen molar-refractivity contribution in [2.45, 2.75) is 45.1 Å². The fraction of sp³-hybridized carbons (Fsp3) is 0.562. The summed E-state index contributed by atoms with van der Waals surface area (Å²) in [4.78, 5) is 12.1. The van der Waals surface area contributed by atoms with E-state index in [1.807, 2.05) is 24.3 Å². The number of carbonyl (C=O) groups is 1. The molecule has 1 fully saturated rings. The second-order valence-electron chi connectivity index (χ2n) is 6.15. The predicted octanol–water partition coefficient (Wildman–Crippen LogP) is 3.82. The van der Waals surface area contributed by atoms with E-state index in [9.17, 15) is 4.79 Å². The van der Waals surface area contributed by atoms with Crippen molar-refractivity contribution in [3.8, 4) is 0 Å². The number of hydrogen-bond donors (Lipinski definition) is 2. The van der Waals surface area contributed by atoms with E-state index in [0.717, 1.165) is 31.4 Å². The molecule has 110 valence electrons. The zero-order chi connectivity index (χ0) is 14.8. The number of benzene rings is 1. The smallest absolute Gasteiger partial charge is 0.243 e. The van der Waals surface area contributed by atoms with E-state index in [1.165, 1.54) is 0 Å². The van der Waals surface area contributed by atoms with Crippen LogP contribution in [0.15, 0.2) is 24.3 Å². The monoisotopic (exact) mass is 294 g/mol. The second kappa shape index (κ2) is 6.04. The van der Waals surface area contributed by atoms with Gasteiger partial charge in [0.25, 0.3) is 0 Å². The Bertz CT molecular complexity index is 489. The third-order valence-electron chi connectivity index (χ3n) is 4.45. The Morgan fingerprint density at radius 2 is 2.15 bits per heavy atom. The molecule has 4 heteroatoms. The van der Waals surface area contributed by atoms with Gasteiger partial charge in [0.2, 0.25) is 5.91 Å². The van der Waals surface area contributed by atoms with Gasteiger partial charge in [-0.25, -0.2) is 0 Å². The maximum atomic E-state index is 12.1. The number of hydrogen-bond acceptors (Lipinski definition) is 2. The van der Waals surface area contributed by atoms with E-state index in [0.29, 0.717) is 16.9 Å². The average Bonchev–Trinajstić information content (AvgIpc) is 2.41. The van der Waals surface area contributed by atoms with Crippen LogP contribution in [0.1, 0.15) is 39.5 Å². The van der Waals surface area contributed by atoms with Crippen LogP contribution in [0.3, 0.4) is 0 Å². The molecule has 1 aliphatic carbocycles. The van der Waals surface area contributed by atoms with E-state index in [2.05, 4.69) is 19.2 Å². The maximum Gasteiger partial charge on any atom is 0.243 e. The molecule has 1 aromatic carbocycles. The van der Waals surface area contributed by atoms with Crippen molar-refractivity contribution in [3.63, 3.8) is 0 Å². The molecule has 0 aliphatic heterocycles. The van der Waals surface area contributed by atoms with Crippen molar-refractivity contribution in [3.05, 3.63) is 29.3 Å². The number of rotatable bonds is 4. The van der Waals surface area contributed by atoms with Crippen LogP contribution in [0, 0.1) is 11.8 Å². The molecule has 1 amide bonds. The Morgan fingerprint density at radius 1 is 1.45 bits per heavy atom. The third kappa shape index (κ3) is 3.09. The van der Waals surface area contributed by atoms with Crippen LogP contribution in [0.5, 0.6) is 0 Å². The summed E-state index contributed by atoms with van der Waals surface area (Å²) in [6.07, 6.45) is 3.74. The second-order valence-corrected chi connectivity index (χ2v) is 6.56. The fourth-order valence-electron chi connectivity index (χ4n) is 3.11. The molecular formula is C16H23ClN2O. The van der Waals surface area contributed by atoms with Crippen LogP contribution in [-0.4, -0.2) is 11.4 Å². The van der Waals surface area contributed by atoms with Gasteiger partial charge in [-0.3, -0.25) is 4.79 Å². The number of amides is 1. The lowest BCUT2D eigenvalue weighted by Gasteiger charge is -2.41. The van der Waals surface area contributed by atoms with Gasteiger partial charge in [-0.05, 0) is 43.2 Å². The molecule has 0 heterocycles. The van der Waals surface area contributed by atoms with Gasteiger partial charge >= 0.3 is 0 Å². The van der Waals surface area contributed by atoms with Crippen LogP contribution in [0.2, 0.25) is 5.02 Å². The first-order chi connectivity index (χ1) is 9.44. The van der Waals surface area contributed by atoms with Crippen molar-refractivity contribution in [1.82, 2.24) is 0 Å². The summed E-state index contributed by atoms with van der Waals surface area (Å²) in [5.41, 5.74) is 5.84. The lowest BCUT2D eigenvalue weighted by atomic mass is 9.71. The maximum absolute atomic E-state index is 12.1. The van der Waals surface area contributed by atoms with Crippen molar-refractivity contribution in [2.75, 3.05) is 5.32 Å².